The van der Waals surface area contributed by atoms with Crippen LogP contribution in [0.15, 0.2) is 36.9 Å². The van der Waals surface area contributed by atoms with Gasteiger partial charge in [0.2, 0.25) is 0 Å². The van der Waals surface area contributed by atoms with Gasteiger partial charge in [0, 0.05) is 30.8 Å². The van der Waals surface area contributed by atoms with E-state index in [0.717, 1.165) is 35.2 Å². The summed E-state index contributed by atoms with van der Waals surface area (Å²) in [5, 5.41) is 22.8. The molecule has 0 aliphatic carbocycles. The molecule has 2 rings (SSSR count). The third-order valence-corrected chi connectivity index (χ3v) is 7.16. The Morgan fingerprint density at radius 1 is 0.622 bits per heavy atom. The Kier molecular flexibility index (Phi) is 9.08. The average Bonchev–Trinajstić information content (AvgIpc) is 2.71. The van der Waals surface area contributed by atoms with Crippen LogP contribution in [0.2, 0.25) is 0 Å². The molecule has 37 heavy (non-hydrogen) atoms. The van der Waals surface area contributed by atoms with Crippen LogP contribution in [0, 0.1) is 0 Å². The lowest BCUT2D eigenvalue weighted by Crippen LogP contribution is -2.26. The van der Waals surface area contributed by atoms with Crippen molar-refractivity contribution in [2.24, 2.45) is 0 Å². The molecule has 0 aliphatic heterocycles. The summed E-state index contributed by atoms with van der Waals surface area (Å²) in [5.74, 6) is 0.763. The van der Waals surface area contributed by atoms with Gasteiger partial charge >= 0.3 is 0 Å². The van der Waals surface area contributed by atoms with Crippen LogP contribution in [0.25, 0.3) is 0 Å². The Morgan fingerprint density at radius 3 is 1.24 bits per heavy atom. The van der Waals surface area contributed by atoms with Crippen LogP contribution in [-0.4, -0.2) is 21.7 Å². The van der Waals surface area contributed by atoms with Gasteiger partial charge in [-0.3, -0.25) is 4.90 Å². The first-order chi connectivity index (χ1) is 16.7. The third kappa shape index (κ3) is 7.87. The van der Waals surface area contributed by atoms with Crippen molar-refractivity contribution in [1.82, 2.24) is 4.90 Å². The number of benzene rings is 2. The van der Waals surface area contributed by atoms with Crippen LogP contribution >= 0.6 is 0 Å². The highest BCUT2D eigenvalue weighted by Crippen LogP contribution is 2.40. The maximum absolute atomic E-state index is 11.4. The fourth-order valence-corrected chi connectivity index (χ4v) is 4.61. The lowest BCUT2D eigenvalue weighted by Gasteiger charge is -2.31. The zero-order valence-electron chi connectivity index (χ0n) is 25.8. The van der Waals surface area contributed by atoms with Gasteiger partial charge in [-0.25, -0.2) is 0 Å². The third-order valence-electron chi connectivity index (χ3n) is 7.16. The second kappa shape index (κ2) is 10.8. The molecule has 0 atom stereocenters. The van der Waals surface area contributed by atoms with Gasteiger partial charge in [0.15, 0.2) is 0 Å². The van der Waals surface area contributed by atoms with Crippen molar-refractivity contribution in [2.45, 2.75) is 124 Å². The SMILES string of the molecule is C=CCCN(Cc1cc(C(C)(C)C)cc(C(C)(C)C)c1O)Cc1cc(C(C)(C)C)cc(C(C)(C)C)c1O. The summed E-state index contributed by atoms with van der Waals surface area (Å²) in [4.78, 5) is 2.32. The van der Waals surface area contributed by atoms with Crippen molar-refractivity contribution in [1.29, 1.82) is 0 Å². The van der Waals surface area contributed by atoms with E-state index in [0.29, 0.717) is 24.6 Å². The van der Waals surface area contributed by atoms with Crippen molar-refractivity contribution < 1.29 is 10.2 Å². The average molecular weight is 508 g/mol. The first-order valence-electron chi connectivity index (χ1n) is 13.7. The van der Waals surface area contributed by atoms with Crippen molar-refractivity contribution in [3.8, 4) is 11.5 Å². The van der Waals surface area contributed by atoms with Crippen LogP contribution in [0.5, 0.6) is 11.5 Å². The zero-order chi connectivity index (χ0) is 28.6. The largest absolute Gasteiger partial charge is 0.507 e. The van der Waals surface area contributed by atoms with Crippen molar-refractivity contribution in [2.75, 3.05) is 6.54 Å². The maximum atomic E-state index is 11.4. The van der Waals surface area contributed by atoms with E-state index < -0.39 is 0 Å². The minimum Gasteiger partial charge on any atom is -0.507 e. The highest BCUT2D eigenvalue weighted by molar-refractivity contribution is 5.50. The molecule has 2 aromatic carbocycles. The quantitative estimate of drug-likeness (QED) is 0.368. The molecule has 0 saturated heterocycles. The Balaban J connectivity index is 2.64. The van der Waals surface area contributed by atoms with E-state index >= 15 is 0 Å². The molecule has 0 spiro atoms. The molecule has 2 N–H and O–H groups in total. The van der Waals surface area contributed by atoms with E-state index in [1.807, 2.05) is 6.08 Å². The smallest absolute Gasteiger partial charge is 0.123 e. The van der Waals surface area contributed by atoms with E-state index in [1.54, 1.807) is 0 Å². The number of nitrogens with zero attached hydrogens (tertiary/aromatic N) is 1. The van der Waals surface area contributed by atoms with Gasteiger partial charge < -0.3 is 10.2 Å². The summed E-state index contributed by atoms with van der Waals surface area (Å²) < 4.78 is 0. The Morgan fingerprint density at radius 2 is 0.973 bits per heavy atom. The number of rotatable bonds is 7. The van der Waals surface area contributed by atoms with Gasteiger partial charge in [0.1, 0.15) is 11.5 Å². The summed E-state index contributed by atoms with van der Waals surface area (Å²) in [5.41, 5.74) is 5.86. The molecule has 0 aromatic heterocycles. The molecule has 0 radical (unpaired) electrons. The first-order valence-corrected chi connectivity index (χ1v) is 13.7. The van der Waals surface area contributed by atoms with E-state index in [-0.39, 0.29) is 21.7 Å². The van der Waals surface area contributed by atoms with E-state index in [1.165, 1.54) is 11.1 Å². The van der Waals surface area contributed by atoms with Crippen LogP contribution < -0.4 is 0 Å². The van der Waals surface area contributed by atoms with Crippen LogP contribution in [0.4, 0.5) is 0 Å². The minimum absolute atomic E-state index is 0.0324. The number of aromatic hydroxyl groups is 2. The molecule has 0 amide bonds. The van der Waals surface area contributed by atoms with Gasteiger partial charge in [0.25, 0.3) is 0 Å². The number of phenolic OH excluding ortho intramolecular Hbond substituents is 2. The molecular formula is C34H53NO2. The second-order valence-corrected chi connectivity index (χ2v) is 14.9. The number of phenols is 2. The topological polar surface area (TPSA) is 43.7 Å². The summed E-state index contributed by atoms with van der Waals surface area (Å²) in [7, 11) is 0. The number of hydrogen-bond donors (Lipinski definition) is 2. The van der Waals surface area contributed by atoms with Crippen molar-refractivity contribution in [3.63, 3.8) is 0 Å². The minimum atomic E-state index is -0.174. The molecule has 0 aliphatic rings. The molecule has 3 heteroatoms. The fourth-order valence-electron chi connectivity index (χ4n) is 4.61. The second-order valence-electron chi connectivity index (χ2n) is 14.9. The van der Waals surface area contributed by atoms with Crippen LogP contribution in [0.1, 0.15) is 123 Å². The molecular weight excluding hydrogens is 454 g/mol. The van der Waals surface area contributed by atoms with E-state index in [9.17, 15) is 10.2 Å². The van der Waals surface area contributed by atoms with E-state index in [4.69, 9.17) is 0 Å². The molecule has 3 nitrogen and oxygen atoms in total. The normalized spacial score (nSPS) is 13.3. The summed E-state index contributed by atoms with van der Waals surface area (Å²) in [6.07, 6.45) is 2.77. The predicted octanol–water partition coefficient (Wildman–Crippen LogP) is 8.87. The fraction of sp³-hybridized carbons (Fsp3) is 0.588. The molecule has 0 fully saturated rings. The molecule has 2 aromatic rings. The van der Waals surface area contributed by atoms with Crippen molar-refractivity contribution in [3.05, 3.63) is 70.3 Å². The lowest BCUT2D eigenvalue weighted by atomic mass is 9.78. The van der Waals surface area contributed by atoms with Crippen molar-refractivity contribution >= 4 is 0 Å². The highest BCUT2D eigenvalue weighted by atomic mass is 16.3. The standard InChI is InChI=1S/C34H53NO2/c1-14-15-16-35(21-23-17-25(31(2,3)4)19-27(29(23)36)33(8,9)10)22-24-18-26(32(5,6)7)20-28(30(24)37)34(11,12)13/h14,17-20,36-37H,1,15-16,21-22H2,2-13H3. The monoisotopic (exact) mass is 507 g/mol. The lowest BCUT2D eigenvalue weighted by molar-refractivity contribution is 0.253. The summed E-state index contributed by atoms with van der Waals surface area (Å²) >= 11 is 0. The first kappa shape index (κ1) is 31.0. The van der Waals surface area contributed by atoms with Crippen LogP contribution in [-0.2, 0) is 34.7 Å². The van der Waals surface area contributed by atoms with Crippen LogP contribution in [0.3, 0.4) is 0 Å². The molecule has 0 bridgehead atoms. The molecule has 0 heterocycles. The van der Waals surface area contributed by atoms with Gasteiger partial charge in [-0.2, -0.15) is 0 Å². The van der Waals surface area contributed by atoms with E-state index in [2.05, 4.69) is 119 Å². The van der Waals surface area contributed by atoms with Gasteiger partial charge in [-0.05, 0) is 50.3 Å². The number of hydrogen-bond acceptors (Lipinski definition) is 3. The predicted molar refractivity (Wildman–Crippen MR) is 160 cm³/mol. The molecule has 0 unspecified atom stereocenters. The molecule has 206 valence electrons. The maximum Gasteiger partial charge on any atom is 0.123 e. The highest BCUT2D eigenvalue weighted by Gasteiger charge is 2.28. The molecule has 0 saturated carbocycles. The Labute approximate surface area is 227 Å². The van der Waals surface area contributed by atoms with Gasteiger partial charge in [0.05, 0.1) is 0 Å². The zero-order valence-corrected chi connectivity index (χ0v) is 25.8. The Bertz CT molecular complexity index is 1020. The summed E-state index contributed by atoms with van der Waals surface area (Å²) in [6, 6.07) is 8.66. The van der Waals surface area contributed by atoms with Gasteiger partial charge in [-0.15, -0.1) is 6.58 Å². The Hall–Kier alpha value is -2.26. The summed E-state index contributed by atoms with van der Waals surface area (Å²) in [6.45, 7) is 32.1. The van der Waals surface area contributed by atoms with Gasteiger partial charge in [-0.1, -0.05) is 113 Å².